The van der Waals surface area contributed by atoms with Crippen LogP contribution in [-0.4, -0.2) is 13.6 Å². The summed E-state index contributed by atoms with van der Waals surface area (Å²) in [6, 6.07) is 7.01. The Morgan fingerprint density at radius 2 is 1.89 bits per heavy atom. The van der Waals surface area contributed by atoms with Gasteiger partial charge in [-0.15, -0.1) is 5.69 Å². The summed E-state index contributed by atoms with van der Waals surface area (Å²) in [5.41, 5.74) is 7.53. The van der Waals surface area contributed by atoms with Gasteiger partial charge in [0.25, 0.3) is 10.0 Å². The molecule has 6 nitrogen and oxygen atoms in total. The van der Waals surface area contributed by atoms with Crippen molar-refractivity contribution in [3.8, 4) is 0 Å². The molecule has 0 spiro atoms. The van der Waals surface area contributed by atoms with Gasteiger partial charge < -0.3 is 10.3 Å². The maximum Gasteiger partial charge on any atom is 1.00 e. The Morgan fingerprint density at radius 1 is 1.28 bits per heavy atom. The monoisotopic (exact) mass is 275 g/mol. The fraction of sp³-hybridized carbons (Fsp3) is 0.100. The molecule has 2 aromatic rings. The number of nitrogens with one attached hydrogen (secondary N) is 2. The van der Waals surface area contributed by atoms with Crippen LogP contribution in [0.2, 0.25) is 0 Å². The van der Waals surface area contributed by atoms with E-state index in [9.17, 15) is 8.42 Å². The van der Waals surface area contributed by atoms with E-state index in [1.807, 2.05) is 0 Å². The first-order chi connectivity index (χ1) is 7.97. The third kappa shape index (κ3) is 3.49. The minimum Gasteiger partial charge on any atom is -0.699 e. The van der Waals surface area contributed by atoms with E-state index >= 15 is 0 Å². The maximum atomic E-state index is 11.9. The summed E-state index contributed by atoms with van der Waals surface area (Å²) >= 11 is 0. The van der Waals surface area contributed by atoms with Crippen LogP contribution < -0.4 is 34.3 Å². The van der Waals surface area contributed by atoms with Gasteiger partial charge in [-0.1, -0.05) is 17.3 Å². The number of hydrogen-bond acceptors (Lipinski definition) is 4. The van der Waals surface area contributed by atoms with Crippen LogP contribution in [0.3, 0.4) is 0 Å². The molecular formula is C10H10N3NaO3S. The molecule has 0 saturated heterocycles. The molecule has 0 aliphatic heterocycles. The predicted octanol–water partition coefficient (Wildman–Crippen LogP) is -0.528. The van der Waals surface area contributed by atoms with Crippen molar-refractivity contribution in [1.29, 1.82) is 0 Å². The molecule has 0 fully saturated rings. The Morgan fingerprint density at radius 3 is 2.39 bits per heavy atom. The fourth-order valence-electron chi connectivity index (χ4n) is 1.25. The largest absolute Gasteiger partial charge is 1.00 e. The fourth-order valence-corrected chi connectivity index (χ4v) is 2.23. The summed E-state index contributed by atoms with van der Waals surface area (Å²) in [5, 5.41) is 3.54. The second-order valence-corrected chi connectivity index (χ2v) is 5.14. The molecule has 2 N–H and O–H groups in total. The van der Waals surface area contributed by atoms with E-state index in [0.717, 1.165) is 0 Å². The molecule has 1 aromatic heterocycles. The van der Waals surface area contributed by atoms with Crippen molar-refractivity contribution < 1.29 is 42.5 Å². The van der Waals surface area contributed by atoms with Gasteiger partial charge in [-0.25, -0.2) is 8.42 Å². The number of rotatable bonds is 3. The zero-order chi connectivity index (χ0) is 12.5. The average molecular weight is 275 g/mol. The van der Waals surface area contributed by atoms with Gasteiger partial charge in [0.1, 0.15) is 5.76 Å². The summed E-state index contributed by atoms with van der Waals surface area (Å²) < 4.78 is 30.8. The van der Waals surface area contributed by atoms with Crippen LogP contribution in [0.5, 0.6) is 0 Å². The summed E-state index contributed by atoms with van der Waals surface area (Å²) in [6.45, 7) is 1.67. The third-order valence-electron chi connectivity index (χ3n) is 2.03. The van der Waals surface area contributed by atoms with Crippen molar-refractivity contribution >= 4 is 21.5 Å². The second kappa shape index (κ2) is 5.75. The van der Waals surface area contributed by atoms with Crippen molar-refractivity contribution in [2.75, 3.05) is 4.72 Å². The minimum absolute atomic E-state index is 0. The summed E-state index contributed by atoms with van der Waals surface area (Å²) in [6.07, 6.45) is 0. The summed E-state index contributed by atoms with van der Waals surface area (Å²) in [4.78, 5) is 0.0779. The predicted molar refractivity (Wildman–Crippen MR) is 62.5 cm³/mol. The summed E-state index contributed by atoms with van der Waals surface area (Å²) in [5.74, 6) is 0.654. The molecule has 0 atom stereocenters. The van der Waals surface area contributed by atoms with Crippen LogP contribution in [0.1, 0.15) is 5.76 Å². The van der Waals surface area contributed by atoms with Crippen LogP contribution in [0.25, 0.3) is 5.73 Å². The second-order valence-electron chi connectivity index (χ2n) is 3.45. The van der Waals surface area contributed by atoms with E-state index in [1.54, 1.807) is 6.92 Å². The Bertz CT molecular complexity index is 622. The topological polar surface area (TPSA) is 96.0 Å². The van der Waals surface area contributed by atoms with Crippen molar-refractivity contribution in [1.82, 2.24) is 5.16 Å². The third-order valence-corrected chi connectivity index (χ3v) is 3.40. The van der Waals surface area contributed by atoms with Crippen molar-refractivity contribution in [2.45, 2.75) is 11.8 Å². The van der Waals surface area contributed by atoms with Gasteiger partial charge in [0.15, 0.2) is 5.82 Å². The Labute approximate surface area is 127 Å². The molecule has 0 amide bonds. The molecule has 0 unspecified atom stereocenters. The van der Waals surface area contributed by atoms with E-state index in [1.165, 1.54) is 30.3 Å². The Hall–Kier alpha value is -1.02. The normalized spacial score (nSPS) is 10.7. The van der Waals surface area contributed by atoms with Gasteiger partial charge in [-0.2, -0.15) is 0 Å². The quantitative estimate of drug-likeness (QED) is 0.762. The van der Waals surface area contributed by atoms with Gasteiger partial charge in [0.2, 0.25) is 0 Å². The van der Waals surface area contributed by atoms with E-state index in [2.05, 4.69) is 9.88 Å². The molecule has 90 valence electrons. The first kappa shape index (κ1) is 15.0. The molecule has 0 aliphatic carbocycles. The molecular weight excluding hydrogens is 265 g/mol. The van der Waals surface area contributed by atoms with Crippen LogP contribution in [0.15, 0.2) is 39.8 Å². The van der Waals surface area contributed by atoms with E-state index in [0.29, 0.717) is 5.76 Å². The van der Waals surface area contributed by atoms with Crippen molar-refractivity contribution in [3.63, 3.8) is 0 Å². The average Bonchev–Trinajstić information content (AvgIpc) is 2.63. The van der Waals surface area contributed by atoms with Crippen molar-refractivity contribution in [2.24, 2.45) is 0 Å². The molecule has 0 bridgehead atoms. The first-order valence-corrected chi connectivity index (χ1v) is 6.23. The smallest absolute Gasteiger partial charge is 0.699 e. The number of aryl methyl sites for hydroxylation is 1. The first-order valence-electron chi connectivity index (χ1n) is 4.75. The Kier molecular flexibility index (Phi) is 4.80. The van der Waals surface area contributed by atoms with Crippen LogP contribution >= 0.6 is 0 Å². The number of sulfonamides is 1. The van der Waals surface area contributed by atoms with Crippen LogP contribution in [0.4, 0.5) is 11.5 Å². The molecule has 8 heteroatoms. The van der Waals surface area contributed by atoms with Gasteiger partial charge in [0.05, 0.1) is 4.90 Å². The minimum atomic E-state index is -3.67. The van der Waals surface area contributed by atoms with E-state index in [-0.39, 0.29) is 46.0 Å². The number of aromatic nitrogens is 1. The number of anilines is 1. The standard InChI is InChI=1S/C10H10N3O3S.Na/c1-7-6-10(12-16-7)13-17(14,15)9-4-2-8(11)3-5-9;/h2-6,11H,1H3,(H,12,13);/q-1;+1. The zero-order valence-corrected chi connectivity index (χ0v) is 12.8. The van der Waals surface area contributed by atoms with E-state index < -0.39 is 10.0 Å². The molecule has 0 radical (unpaired) electrons. The van der Waals surface area contributed by atoms with Gasteiger partial charge in [-0.05, 0) is 19.1 Å². The van der Waals surface area contributed by atoms with Gasteiger partial charge >= 0.3 is 29.6 Å². The Balaban J connectivity index is 0.00000162. The number of benzene rings is 1. The molecule has 0 aliphatic rings. The molecule has 0 saturated carbocycles. The molecule has 18 heavy (non-hydrogen) atoms. The number of hydrogen-bond donors (Lipinski definition) is 1. The van der Waals surface area contributed by atoms with Gasteiger partial charge in [-0.3, -0.25) is 4.72 Å². The van der Waals surface area contributed by atoms with Crippen LogP contribution in [-0.2, 0) is 10.0 Å². The SMILES string of the molecule is Cc1cc(NS(=O)(=O)c2ccc([NH-])cc2)no1.[Na+]. The summed E-state index contributed by atoms with van der Waals surface area (Å²) in [7, 11) is -3.67. The van der Waals surface area contributed by atoms with Gasteiger partial charge in [0, 0.05) is 6.07 Å². The molecule has 2 rings (SSSR count). The molecule has 1 aromatic carbocycles. The molecule has 1 heterocycles. The maximum absolute atomic E-state index is 11.9. The van der Waals surface area contributed by atoms with E-state index in [4.69, 9.17) is 10.3 Å². The number of nitrogens with zero attached hydrogens (tertiary/aromatic N) is 1. The van der Waals surface area contributed by atoms with Crippen LogP contribution in [0, 0.1) is 6.92 Å². The zero-order valence-electron chi connectivity index (χ0n) is 9.97. The van der Waals surface area contributed by atoms with Crippen molar-refractivity contribution in [3.05, 3.63) is 41.8 Å².